The predicted molar refractivity (Wildman–Crippen MR) is 67.8 cm³/mol. The summed E-state index contributed by atoms with van der Waals surface area (Å²) in [7, 11) is 2.07. The lowest BCUT2D eigenvalue weighted by Gasteiger charge is -1.97. The topological polar surface area (TPSA) is 30.9 Å². The lowest BCUT2D eigenvalue weighted by molar-refractivity contribution is 0.809. The molecule has 0 spiro atoms. The molecular formula is C13H15ClN2. The van der Waals surface area contributed by atoms with Crippen molar-refractivity contribution in [1.82, 2.24) is 4.57 Å². The zero-order valence-electron chi connectivity index (χ0n) is 9.28. The fourth-order valence-electron chi connectivity index (χ4n) is 2.57. The Hall–Kier alpha value is -0.990. The summed E-state index contributed by atoms with van der Waals surface area (Å²) in [6.07, 6.45) is 3.46. The van der Waals surface area contributed by atoms with Gasteiger partial charge in [0.25, 0.3) is 0 Å². The average molecular weight is 235 g/mol. The second-order valence-corrected chi connectivity index (χ2v) is 5.13. The van der Waals surface area contributed by atoms with Gasteiger partial charge in [-0.1, -0.05) is 17.7 Å². The smallest absolute Gasteiger partial charge is 0.0495 e. The molecule has 84 valence electrons. The molecule has 2 nitrogen and oxygen atoms in total. The van der Waals surface area contributed by atoms with Gasteiger partial charge in [-0.25, -0.2) is 0 Å². The van der Waals surface area contributed by atoms with Crippen LogP contribution in [0.5, 0.6) is 0 Å². The van der Waals surface area contributed by atoms with Crippen LogP contribution in [0.15, 0.2) is 24.4 Å². The largest absolute Gasteiger partial charge is 0.350 e. The Labute approximate surface area is 100.0 Å². The zero-order valence-corrected chi connectivity index (χ0v) is 10.0. The molecule has 1 aliphatic carbocycles. The first-order chi connectivity index (χ1) is 7.70. The summed E-state index contributed by atoms with van der Waals surface area (Å²) in [5.74, 6) is 1.34. The van der Waals surface area contributed by atoms with Gasteiger partial charge in [-0.05, 0) is 42.5 Å². The van der Waals surface area contributed by atoms with Gasteiger partial charge in [-0.2, -0.15) is 0 Å². The quantitative estimate of drug-likeness (QED) is 0.851. The van der Waals surface area contributed by atoms with Crippen LogP contribution in [0.2, 0.25) is 5.02 Å². The van der Waals surface area contributed by atoms with Crippen LogP contribution in [0.3, 0.4) is 0 Å². The average Bonchev–Trinajstić information content (AvgIpc) is 2.99. The molecular weight excluding hydrogens is 220 g/mol. The van der Waals surface area contributed by atoms with E-state index >= 15 is 0 Å². The third-order valence-corrected chi connectivity index (χ3v) is 3.84. The molecule has 1 saturated carbocycles. The third-order valence-electron chi connectivity index (χ3n) is 3.61. The Bertz CT molecular complexity index is 544. The van der Waals surface area contributed by atoms with Gasteiger partial charge in [0.15, 0.2) is 0 Å². The number of fused-ring (bicyclic) bond motifs is 1. The van der Waals surface area contributed by atoms with Crippen molar-refractivity contribution < 1.29 is 0 Å². The summed E-state index contributed by atoms with van der Waals surface area (Å²) >= 11 is 6.02. The molecule has 0 saturated heterocycles. The van der Waals surface area contributed by atoms with E-state index in [-0.39, 0.29) is 0 Å². The Morgan fingerprint density at radius 2 is 2.31 bits per heavy atom. The van der Waals surface area contributed by atoms with E-state index in [1.54, 1.807) is 0 Å². The summed E-state index contributed by atoms with van der Waals surface area (Å²) in [5.41, 5.74) is 8.36. The minimum Gasteiger partial charge on any atom is -0.350 e. The lowest BCUT2D eigenvalue weighted by atomic mass is 10.1. The summed E-state index contributed by atoms with van der Waals surface area (Å²) in [5, 5.41) is 2.12. The number of hydrogen-bond donors (Lipinski definition) is 1. The monoisotopic (exact) mass is 234 g/mol. The van der Waals surface area contributed by atoms with E-state index in [1.165, 1.54) is 22.9 Å². The van der Waals surface area contributed by atoms with Gasteiger partial charge < -0.3 is 10.3 Å². The molecule has 0 bridgehead atoms. The van der Waals surface area contributed by atoms with Gasteiger partial charge in [0, 0.05) is 29.2 Å². The Kier molecular flexibility index (Phi) is 2.23. The number of aromatic nitrogens is 1. The number of aryl methyl sites for hydroxylation is 1. The number of rotatable bonds is 2. The van der Waals surface area contributed by atoms with E-state index < -0.39 is 0 Å². The van der Waals surface area contributed by atoms with Gasteiger partial charge in [0.2, 0.25) is 0 Å². The van der Waals surface area contributed by atoms with Crippen molar-refractivity contribution in [2.75, 3.05) is 6.54 Å². The second-order valence-electron chi connectivity index (χ2n) is 4.69. The molecule has 16 heavy (non-hydrogen) atoms. The first-order valence-electron chi connectivity index (χ1n) is 5.65. The van der Waals surface area contributed by atoms with Crippen LogP contribution in [0, 0.1) is 5.92 Å². The highest BCUT2D eigenvalue weighted by Crippen LogP contribution is 2.49. The number of halogens is 1. The first kappa shape index (κ1) is 10.2. The number of nitrogens with two attached hydrogens (primary N) is 1. The van der Waals surface area contributed by atoms with Crippen molar-refractivity contribution in [3.05, 3.63) is 35.0 Å². The van der Waals surface area contributed by atoms with Crippen LogP contribution in [-0.2, 0) is 7.05 Å². The Morgan fingerprint density at radius 1 is 1.50 bits per heavy atom. The Morgan fingerprint density at radius 3 is 3.00 bits per heavy atom. The Balaban J connectivity index is 2.13. The third kappa shape index (κ3) is 1.45. The van der Waals surface area contributed by atoms with Crippen LogP contribution in [0.25, 0.3) is 10.9 Å². The molecule has 0 amide bonds. The molecule has 2 unspecified atom stereocenters. The maximum atomic E-state index is 6.02. The summed E-state index contributed by atoms with van der Waals surface area (Å²) in [6.45, 7) is 0.800. The van der Waals surface area contributed by atoms with Gasteiger partial charge in [0.1, 0.15) is 0 Å². The second kappa shape index (κ2) is 3.51. The maximum absolute atomic E-state index is 6.02. The number of hydrogen-bond acceptors (Lipinski definition) is 1. The van der Waals surface area contributed by atoms with E-state index in [2.05, 4.69) is 23.9 Å². The van der Waals surface area contributed by atoms with Crippen molar-refractivity contribution in [2.24, 2.45) is 18.7 Å². The van der Waals surface area contributed by atoms with Crippen LogP contribution < -0.4 is 5.73 Å². The molecule has 1 heterocycles. The lowest BCUT2D eigenvalue weighted by Crippen LogP contribution is -2.01. The highest BCUT2D eigenvalue weighted by atomic mass is 35.5. The normalized spacial score (nSPS) is 23.9. The summed E-state index contributed by atoms with van der Waals surface area (Å²) in [6, 6.07) is 6.12. The fourth-order valence-corrected chi connectivity index (χ4v) is 2.74. The minimum absolute atomic E-state index is 0.662. The highest BCUT2D eigenvalue weighted by molar-refractivity contribution is 6.31. The zero-order chi connectivity index (χ0) is 11.3. The molecule has 0 aliphatic heterocycles. The van der Waals surface area contributed by atoms with Crippen molar-refractivity contribution >= 4 is 22.5 Å². The maximum Gasteiger partial charge on any atom is 0.0495 e. The fraction of sp³-hybridized carbons (Fsp3) is 0.385. The summed E-state index contributed by atoms with van der Waals surface area (Å²) in [4.78, 5) is 0. The van der Waals surface area contributed by atoms with Crippen molar-refractivity contribution in [2.45, 2.75) is 12.3 Å². The van der Waals surface area contributed by atoms with E-state index in [0.717, 1.165) is 11.6 Å². The van der Waals surface area contributed by atoms with Crippen molar-refractivity contribution in [3.63, 3.8) is 0 Å². The highest BCUT2D eigenvalue weighted by Gasteiger charge is 2.38. The molecule has 2 N–H and O–H groups in total. The van der Waals surface area contributed by atoms with Gasteiger partial charge in [0.05, 0.1) is 0 Å². The van der Waals surface area contributed by atoms with E-state index in [4.69, 9.17) is 17.3 Å². The van der Waals surface area contributed by atoms with Crippen LogP contribution >= 0.6 is 11.6 Å². The summed E-state index contributed by atoms with van der Waals surface area (Å²) < 4.78 is 2.16. The van der Waals surface area contributed by atoms with Crippen molar-refractivity contribution in [3.8, 4) is 0 Å². The number of nitrogens with zero attached hydrogens (tertiary/aromatic N) is 1. The predicted octanol–water partition coefficient (Wildman–Crippen LogP) is 2.89. The molecule has 3 heteroatoms. The standard InChI is InChI=1S/C13H15ClN2/c1-16-7-12(11-4-8(11)6-15)10-3-2-9(14)5-13(10)16/h2-3,5,7-8,11H,4,6,15H2,1H3. The molecule has 1 aliphatic rings. The SMILES string of the molecule is Cn1cc(C2CC2CN)c2ccc(Cl)cc21. The molecule has 1 aromatic heterocycles. The molecule has 3 rings (SSSR count). The first-order valence-corrected chi connectivity index (χ1v) is 6.03. The molecule has 0 radical (unpaired) electrons. The van der Waals surface area contributed by atoms with Gasteiger partial charge >= 0.3 is 0 Å². The van der Waals surface area contributed by atoms with Crippen LogP contribution in [0.4, 0.5) is 0 Å². The van der Waals surface area contributed by atoms with E-state index in [9.17, 15) is 0 Å². The molecule has 1 fully saturated rings. The number of benzene rings is 1. The van der Waals surface area contributed by atoms with Crippen molar-refractivity contribution in [1.29, 1.82) is 0 Å². The molecule has 2 aromatic rings. The van der Waals surface area contributed by atoms with Gasteiger partial charge in [-0.15, -0.1) is 0 Å². The van der Waals surface area contributed by atoms with E-state index in [1.807, 2.05) is 12.1 Å². The van der Waals surface area contributed by atoms with Gasteiger partial charge in [-0.3, -0.25) is 0 Å². The minimum atomic E-state index is 0.662. The van der Waals surface area contributed by atoms with E-state index in [0.29, 0.717) is 11.8 Å². The van der Waals surface area contributed by atoms with Crippen LogP contribution in [0.1, 0.15) is 17.9 Å². The molecule has 2 atom stereocenters. The molecule has 1 aromatic carbocycles. The van der Waals surface area contributed by atoms with Crippen LogP contribution in [-0.4, -0.2) is 11.1 Å².